The van der Waals surface area contributed by atoms with Crippen LogP contribution in [0.2, 0.25) is 0 Å². The standard InChI is InChI=1S/C15H22N2O2S/c1-11(2)12-6-10-20-14(12)15(19)16-7-4-9-17-8-3-5-13(17)18/h6,10-11H,3-5,7-9H2,1-2H3,(H,16,19). The number of carbonyl (C=O) groups excluding carboxylic acids is 2. The number of amides is 2. The third-order valence-electron chi connectivity index (χ3n) is 3.59. The molecule has 0 spiro atoms. The number of thiophene rings is 1. The number of rotatable bonds is 6. The maximum absolute atomic E-state index is 12.1. The predicted octanol–water partition coefficient (Wildman–Crippen LogP) is 2.61. The fourth-order valence-corrected chi connectivity index (χ4v) is 3.42. The van der Waals surface area contributed by atoms with Crippen LogP contribution in [0.4, 0.5) is 0 Å². The van der Waals surface area contributed by atoms with Gasteiger partial charge >= 0.3 is 0 Å². The van der Waals surface area contributed by atoms with Crippen LogP contribution >= 0.6 is 11.3 Å². The normalized spacial score (nSPS) is 15.2. The third-order valence-corrected chi connectivity index (χ3v) is 4.51. The molecule has 2 rings (SSSR count). The van der Waals surface area contributed by atoms with E-state index in [1.165, 1.54) is 11.3 Å². The van der Waals surface area contributed by atoms with Gasteiger partial charge in [-0.05, 0) is 35.8 Å². The minimum atomic E-state index is 0.0106. The second-order valence-electron chi connectivity index (χ2n) is 5.45. The second-order valence-corrected chi connectivity index (χ2v) is 6.37. The first-order valence-corrected chi connectivity index (χ1v) is 8.11. The third kappa shape index (κ3) is 3.60. The van der Waals surface area contributed by atoms with Crippen LogP contribution in [0, 0.1) is 0 Å². The Balaban J connectivity index is 1.75. The van der Waals surface area contributed by atoms with Crippen LogP contribution in [0.15, 0.2) is 11.4 Å². The lowest BCUT2D eigenvalue weighted by Gasteiger charge is -2.15. The fraction of sp³-hybridized carbons (Fsp3) is 0.600. The van der Waals surface area contributed by atoms with Gasteiger partial charge in [0.1, 0.15) is 0 Å². The Morgan fingerprint density at radius 1 is 1.50 bits per heavy atom. The van der Waals surface area contributed by atoms with E-state index in [2.05, 4.69) is 19.2 Å². The van der Waals surface area contributed by atoms with Gasteiger partial charge in [-0.3, -0.25) is 9.59 Å². The molecular weight excluding hydrogens is 272 g/mol. The van der Waals surface area contributed by atoms with Crippen molar-refractivity contribution in [3.63, 3.8) is 0 Å². The van der Waals surface area contributed by atoms with Gasteiger partial charge in [-0.15, -0.1) is 11.3 Å². The maximum atomic E-state index is 12.1. The van der Waals surface area contributed by atoms with E-state index in [0.717, 1.165) is 36.4 Å². The van der Waals surface area contributed by atoms with Gasteiger partial charge in [-0.1, -0.05) is 13.8 Å². The van der Waals surface area contributed by atoms with Crippen LogP contribution in [0.3, 0.4) is 0 Å². The molecule has 0 aliphatic carbocycles. The zero-order chi connectivity index (χ0) is 14.5. The number of likely N-dealkylation sites (tertiary alicyclic amines) is 1. The van der Waals surface area contributed by atoms with E-state index in [-0.39, 0.29) is 11.8 Å². The highest BCUT2D eigenvalue weighted by atomic mass is 32.1. The Bertz CT molecular complexity index is 482. The van der Waals surface area contributed by atoms with Crippen molar-refractivity contribution in [1.82, 2.24) is 10.2 Å². The topological polar surface area (TPSA) is 49.4 Å². The summed E-state index contributed by atoms with van der Waals surface area (Å²) in [4.78, 5) is 26.3. The lowest BCUT2D eigenvalue weighted by Crippen LogP contribution is -2.30. The maximum Gasteiger partial charge on any atom is 0.261 e. The Kier molecular flexibility index (Phi) is 5.17. The van der Waals surface area contributed by atoms with Gasteiger partial charge in [0.05, 0.1) is 4.88 Å². The molecule has 1 aromatic heterocycles. The predicted molar refractivity (Wildman–Crippen MR) is 81.2 cm³/mol. The molecule has 0 saturated carbocycles. The summed E-state index contributed by atoms with van der Waals surface area (Å²) in [5.74, 6) is 0.623. The molecule has 4 nitrogen and oxygen atoms in total. The minimum absolute atomic E-state index is 0.0106. The Morgan fingerprint density at radius 3 is 2.95 bits per heavy atom. The van der Waals surface area contributed by atoms with Crippen molar-refractivity contribution in [2.45, 2.75) is 39.0 Å². The molecule has 0 atom stereocenters. The van der Waals surface area contributed by atoms with E-state index in [0.29, 0.717) is 18.9 Å². The molecule has 0 bridgehead atoms. The SMILES string of the molecule is CC(C)c1ccsc1C(=O)NCCCN1CCCC1=O. The average molecular weight is 294 g/mol. The first-order chi connectivity index (χ1) is 9.59. The number of carbonyl (C=O) groups is 2. The van der Waals surface area contributed by atoms with Crippen molar-refractivity contribution in [2.24, 2.45) is 0 Å². The molecule has 1 aromatic rings. The van der Waals surface area contributed by atoms with E-state index in [1.807, 2.05) is 16.3 Å². The molecular formula is C15H22N2O2S. The van der Waals surface area contributed by atoms with Crippen LogP contribution in [-0.2, 0) is 4.79 Å². The smallest absolute Gasteiger partial charge is 0.261 e. The summed E-state index contributed by atoms with van der Waals surface area (Å²) in [6, 6.07) is 2.02. The second kappa shape index (κ2) is 6.88. The van der Waals surface area contributed by atoms with Crippen LogP contribution in [0.25, 0.3) is 0 Å². The highest BCUT2D eigenvalue weighted by Gasteiger charge is 2.19. The molecule has 1 aliphatic heterocycles. The van der Waals surface area contributed by atoms with Crippen LogP contribution in [0.1, 0.15) is 54.3 Å². The Hall–Kier alpha value is -1.36. The fourth-order valence-electron chi connectivity index (χ4n) is 2.45. The van der Waals surface area contributed by atoms with Crippen molar-refractivity contribution in [2.75, 3.05) is 19.6 Å². The van der Waals surface area contributed by atoms with Crippen molar-refractivity contribution in [3.8, 4) is 0 Å². The first kappa shape index (κ1) is 15.0. The summed E-state index contributed by atoms with van der Waals surface area (Å²) in [5.41, 5.74) is 1.11. The molecule has 1 N–H and O–H groups in total. The molecule has 20 heavy (non-hydrogen) atoms. The van der Waals surface area contributed by atoms with E-state index < -0.39 is 0 Å². The molecule has 1 saturated heterocycles. The molecule has 2 heterocycles. The van der Waals surface area contributed by atoms with E-state index >= 15 is 0 Å². The molecule has 1 fully saturated rings. The summed E-state index contributed by atoms with van der Waals surface area (Å²) in [6.45, 7) is 6.43. The van der Waals surface area contributed by atoms with Crippen molar-refractivity contribution >= 4 is 23.2 Å². The van der Waals surface area contributed by atoms with Gasteiger partial charge in [0.2, 0.25) is 5.91 Å². The largest absolute Gasteiger partial charge is 0.351 e. The average Bonchev–Trinajstić information content (AvgIpc) is 3.03. The summed E-state index contributed by atoms with van der Waals surface area (Å²) < 4.78 is 0. The summed E-state index contributed by atoms with van der Waals surface area (Å²) >= 11 is 1.49. The minimum Gasteiger partial charge on any atom is -0.351 e. The van der Waals surface area contributed by atoms with E-state index in [1.54, 1.807) is 0 Å². The van der Waals surface area contributed by atoms with Gasteiger partial charge < -0.3 is 10.2 Å². The molecule has 5 heteroatoms. The van der Waals surface area contributed by atoms with Crippen LogP contribution in [0.5, 0.6) is 0 Å². The molecule has 0 aromatic carbocycles. The van der Waals surface area contributed by atoms with E-state index in [4.69, 9.17) is 0 Å². The number of hydrogen-bond acceptors (Lipinski definition) is 3. The lowest BCUT2D eigenvalue weighted by atomic mass is 10.0. The zero-order valence-electron chi connectivity index (χ0n) is 12.1. The molecule has 110 valence electrons. The zero-order valence-corrected chi connectivity index (χ0v) is 13.0. The van der Waals surface area contributed by atoms with Crippen molar-refractivity contribution < 1.29 is 9.59 Å². The Labute approximate surface area is 124 Å². The number of hydrogen-bond donors (Lipinski definition) is 1. The van der Waals surface area contributed by atoms with Crippen molar-refractivity contribution in [3.05, 3.63) is 21.9 Å². The van der Waals surface area contributed by atoms with Crippen LogP contribution < -0.4 is 5.32 Å². The first-order valence-electron chi connectivity index (χ1n) is 7.23. The lowest BCUT2D eigenvalue weighted by molar-refractivity contribution is -0.127. The highest BCUT2D eigenvalue weighted by Crippen LogP contribution is 2.24. The summed E-state index contributed by atoms with van der Waals surface area (Å²) in [5, 5.41) is 4.92. The monoisotopic (exact) mass is 294 g/mol. The Morgan fingerprint density at radius 2 is 2.30 bits per heavy atom. The van der Waals surface area contributed by atoms with Gasteiger partial charge in [-0.2, -0.15) is 0 Å². The van der Waals surface area contributed by atoms with Crippen LogP contribution in [-0.4, -0.2) is 36.3 Å². The van der Waals surface area contributed by atoms with E-state index in [9.17, 15) is 9.59 Å². The van der Waals surface area contributed by atoms with Crippen molar-refractivity contribution in [1.29, 1.82) is 0 Å². The van der Waals surface area contributed by atoms with Gasteiger partial charge in [0.25, 0.3) is 5.91 Å². The quantitative estimate of drug-likeness (QED) is 0.820. The number of nitrogens with one attached hydrogen (secondary N) is 1. The molecule has 2 amide bonds. The van der Waals surface area contributed by atoms with Gasteiger partial charge in [0.15, 0.2) is 0 Å². The molecule has 1 aliphatic rings. The highest BCUT2D eigenvalue weighted by molar-refractivity contribution is 7.12. The summed E-state index contributed by atoms with van der Waals surface area (Å²) in [6.07, 6.45) is 2.47. The van der Waals surface area contributed by atoms with Gasteiger partial charge in [-0.25, -0.2) is 0 Å². The summed E-state index contributed by atoms with van der Waals surface area (Å²) in [7, 11) is 0. The number of nitrogens with zero attached hydrogens (tertiary/aromatic N) is 1. The van der Waals surface area contributed by atoms with Gasteiger partial charge in [0, 0.05) is 26.1 Å². The molecule has 0 unspecified atom stereocenters. The molecule has 0 radical (unpaired) electrons.